The van der Waals surface area contributed by atoms with Gasteiger partial charge in [0, 0.05) is 22.8 Å². The number of halogens is 1. The number of piperidine rings is 1. The summed E-state index contributed by atoms with van der Waals surface area (Å²) in [6, 6.07) is 2.42. The van der Waals surface area contributed by atoms with E-state index < -0.39 is 0 Å². The highest BCUT2D eigenvalue weighted by Crippen LogP contribution is 2.24. The van der Waals surface area contributed by atoms with Gasteiger partial charge in [0.2, 0.25) is 0 Å². The maximum Gasteiger partial charge on any atom is 0.0516 e. The molecule has 0 aromatic carbocycles. The molecule has 2 N–H and O–H groups in total. The maximum atomic E-state index is 5.93. The van der Waals surface area contributed by atoms with Crippen LogP contribution in [-0.4, -0.2) is 24.0 Å². The predicted octanol–water partition coefficient (Wildman–Crippen LogP) is 2.96. The summed E-state index contributed by atoms with van der Waals surface area (Å²) in [5, 5.41) is 2.87. The molecule has 1 aromatic heterocycles. The van der Waals surface area contributed by atoms with E-state index in [1.165, 1.54) is 30.8 Å². The molecule has 1 unspecified atom stereocenters. The summed E-state index contributed by atoms with van der Waals surface area (Å²) in [6.07, 6.45) is 2.47. The molecule has 2 heterocycles. The van der Waals surface area contributed by atoms with E-state index in [9.17, 15) is 0 Å². The van der Waals surface area contributed by atoms with E-state index in [-0.39, 0.29) is 0 Å². The first-order valence-electron chi connectivity index (χ1n) is 5.86. The van der Waals surface area contributed by atoms with Crippen LogP contribution in [0.3, 0.4) is 0 Å². The van der Waals surface area contributed by atoms with E-state index >= 15 is 0 Å². The molecule has 0 bridgehead atoms. The van der Waals surface area contributed by atoms with Crippen LogP contribution in [-0.2, 0) is 6.54 Å². The molecule has 1 atom stereocenters. The molecule has 90 valence electrons. The average molecular weight is 259 g/mol. The summed E-state index contributed by atoms with van der Waals surface area (Å²) in [5.74, 6) is 0.711. The van der Waals surface area contributed by atoms with Crippen molar-refractivity contribution in [2.75, 3.05) is 13.1 Å². The third-order valence-corrected chi connectivity index (χ3v) is 4.65. The molecule has 0 saturated carbocycles. The normalized spacial score (nSPS) is 21.2. The van der Waals surface area contributed by atoms with Crippen molar-refractivity contribution in [3.05, 3.63) is 21.3 Å². The van der Waals surface area contributed by atoms with Crippen molar-refractivity contribution in [1.82, 2.24) is 4.90 Å². The molecule has 4 heteroatoms. The van der Waals surface area contributed by atoms with Crippen molar-refractivity contribution in [3.63, 3.8) is 0 Å². The zero-order chi connectivity index (χ0) is 11.5. The fraction of sp³-hybridized carbons (Fsp3) is 0.667. The minimum absolute atomic E-state index is 0.346. The van der Waals surface area contributed by atoms with Crippen molar-refractivity contribution >= 4 is 22.9 Å². The molecule has 0 radical (unpaired) electrons. The standard InChI is InChI=1S/C12H19ClN2S/c1-9(14)10-2-4-15(5-3-10)7-12-6-11(13)8-16-12/h6,8-10H,2-5,7,14H2,1H3. The molecule has 2 nitrogen and oxygen atoms in total. The third-order valence-electron chi connectivity index (χ3n) is 3.38. The van der Waals surface area contributed by atoms with E-state index in [2.05, 4.69) is 17.9 Å². The van der Waals surface area contributed by atoms with E-state index in [1.54, 1.807) is 11.3 Å². The Kier molecular flexibility index (Phi) is 4.25. The van der Waals surface area contributed by atoms with Crippen LogP contribution in [0.1, 0.15) is 24.6 Å². The zero-order valence-electron chi connectivity index (χ0n) is 9.66. The van der Waals surface area contributed by atoms with Crippen molar-refractivity contribution in [2.45, 2.75) is 32.4 Å². The van der Waals surface area contributed by atoms with Gasteiger partial charge in [0.25, 0.3) is 0 Å². The minimum atomic E-state index is 0.346. The number of hydrogen-bond donors (Lipinski definition) is 1. The fourth-order valence-electron chi connectivity index (χ4n) is 2.29. The molecule has 0 spiro atoms. The van der Waals surface area contributed by atoms with E-state index in [1.807, 2.05) is 5.38 Å². The number of hydrogen-bond acceptors (Lipinski definition) is 3. The lowest BCUT2D eigenvalue weighted by atomic mass is 9.91. The van der Waals surface area contributed by atoms with E-state index in [0.29, 0.717) is 12.0 Å². The SMILES string of the molecule is CC(N)C1CCN(Cc2cc(Cl)cs2)CC1. The molecule has 1 aliphatic rings. The first-order chi connectivity index (χ1) is 7.65. The maximum absolute atomic E-state index is 5.93. The van der Waals surface area contributed by atoms with Crippen molar-refractivity contribution in [3.8, 4) is 0 Å². The van der Waals surface area contributed by atoms with Crippen molar-refractivity contribution in [2.24, 2.45) is 11.7 Å². The summed E-state index contributed by atoms with van der Waals surface area (Å²) in [4.78, 5) is 3.87. The summed E-state index contributed by atoms with van der Waals surface area (Å²) in [7, 11) is 0. The zero-order valence-corrected chi connectivity index (χ0v) is 11.2. The highest BCUT2D eigenvalue weighted by molar-refractivity contribution is 7.10. The van der Waals surface area contributed by atoms with Crippen LogP contribution in [0.15, 0.2) is 11.4 Å². The molecule has 2 rings (SSSR count). The Bertz CT molecular complexity index is 330. The van der Waals surface area contributed by atoms with Crippen LogP contribution in [0.25, 0.3) is 0 Å². The van der Waals surface area contributed by atoms with Gasteiger partial charge >= 0.3 is 0 Å². The fourth-order valence-corrected chi connectivity index (χ4v) is 3.41. The number of rotatable bonds is 3. The summed E-state index contributed by atoms with van der Waals surface area (Å²) >= 11 is 7.67. The quantitative estimate of drug-likeness (QED) is 0.903. The monoisotopic (exact) mass is 258 g/mol. The van der Waals surface area contributed by atoms with Gasteiger partial charge in [-0.05, 0) is 44.8 Å². The first kappa shape index (κ1) is 12.4. The molecule has 1 saturated heterocycles. The van der Waals surface area contributed by atoms with Crippen LogP contribution >= 0.6 is 22.9 Å². The molecule has 16 heavy (non-hydrogen) atoms. The van der Waals surface area contributed by atoms with Gasteiger partial charge in [0.05, 0.1) is 5.02 Å². The van der Waals surface area contributed by atoms with Gasteiger partial charge in [-0.25, -0.2) is 0 Å². The largest absolute Gasteiger partial charge is 0.328 e. The highest BCUT2D eigenvalue weighted by atomic mass is 35.5. The molecule has 1 aliphatic heterocycles. The van der Waals surface area contributed by atoms with Gasteiger partial charge in [-0.15, -0.1) is 11.3 Å². The second kappa shape index (κ2) is 5.50. The Morgan fingerprint density at radius 1 is 1.56 bits per heavy atom. The molecular formula is C12H19ClN2S. The van der Waals surface area contributed by atoms with Crippen LogP contribution in [0.4, 0.5) is 0 Å². The van der Waals surface area contributed by atoms with Crippen molar-refractivity contribution in [1.29, 1.82) is 0 Å². The highest BCUT2D eigenvalue weighted by Gasteiger charge is 2.21. The average Bonchev–Trinajstić information content (AvgIpc) is 2.65. The molecule has 0 amide bonds. The number of nitrogens with zero attached hydrogens (tertiary/aromatic N) is 1. The lowest BCUT2D eigenvalue weighted by Gasteiger charge is -2.33. The Morgan fingerprint density at radius 3 is 2.75 bits per heavy atom. The van der Waals surface area contributed by atoms with Gasteiger partial charge in [-0.3, -0.25) is 4.90 Å². The van der Waals surface area contributed by atoms with Crippen LogP contribution < -0.4 is 5.73 Å². The Labute approximate surface area is 106 Å². The molecule has 0 aliphatic carbocycles. The van der Waals surface area contributed by atoms with Gasteiger partial charge in [-0.1, -0.05) is 11.6 Å². The second-order valence-corrected chi connectivity index (χ2v) is 6.14. The minimum Gasteiger partial charge on any atom is -0.328 e. The summed E-state index contributed by atoms with van der Waals surface area (Å²) in [6.45, 7) is 5.51. The Hall–Kier alpha value is -0.0900. The van der Waals surface area contributed by atoms with Gasteiger partial charge < -0.3 is 5.73 Å². The number of likely N-dealkylation sites (tertiary alicyclic amines) is 1. The second-order valence-electron chi connectivity index (χ2n) is 4.70. The number of nitrogens with two attached hydrogens (primary N) is 1. The van der Waals surface area contributed by atoms with Gasteiger partial charge in [-0.2, -0.15) is 0 Å². The molecule has 1 aromatic rings. The Balaban J connectivity index is 1.81. The van der Waals surface area contributed by atoms with Gasteiger partial charge in [0.15, 0.2) is 0 Å². The van der Waals surface area contributed by atoms with Crippen LogP contribution in [0.2, 0.25) is 5.02 Å². The summed E-state index contributed by atoms with van der Waals surface area (Å²) in [5.41, 5.74) is 5.93. The predicted molar refractivity (Wildman–Crippen MR) is 71.0 cm³/mol. The number of thiophene rings is 1. The molecular weight excluding hydrogens is 240 g/mol. The van der Waals surface area contributed by atoms with E-state index in [0.717, 1.165) is 11.6 Å². The Morgan fingerprint density at radius 2 is 2.25 bits per heavy atom. The van der Waals surface area contributed by atoms with Crippen LogP contribution in [0.5, 0.6) is 0 Å². The lowest BCUT2D eigenvalue weighted by Crippen LogP contribution is -2.39. The van der Waals surface area contributed by atoms with Crippen LogP contribution in [0, 0.1) is 5.92 Å². The third kappa shape index (κ3) is 3.20. The van der Waals surface area contributed by atoms with Gasteiger partial charge in [0.1, 0.15) is 0 Å². The van der Waals surface area contributed by atoms with E-state index in [4.69, 9.17) is 17.3 Å². The first-order valence-corrected chi connectivity index (χ1v) is 7.12. The summed E-state index contributed by atoms with van der Waals surface area (Å²) < 4.78 is 0. The van der Waals surface area contributed by atoms with Crippen molar-refractivity contribution < 1.29 is 0 Å². The lowest BCUT2D eigenvalue weighted by molar-refractivity contribution is 0.167. The smallest absolute Gasteiger partial charge is 0.0516 e. The molecule has 1 fully saturated rings. The topological polar surface area (TPSA) is 29.3 Å².